The van der Waals surface area contributed by atoms with E-state index in [-0.39, 0.29) is 0 Å². The van der Waals surface area contributed by atoms with Crippen LogP contribution in [0.25, 0.3) is 0 Å². The van der Waals surface area contributed by atoms with Crippen LogP contribution in [0.3, 0.4) is 0 Å². The predicted octanol–water partition coefficient (Wildman–Crippen LogP) is 3.17. The molecule has 0 radical (unpaired) electrons. The molecule has 0 rings (SSSR count). The van der Waals surface area contributed by atoms with Gasteiger partial charge in [0.2, 0.25) is 0 Å². The van der Waals surface area contributed by atoms with Gasteiger partial charge in [-0.1, -0.05) is 39.5 Å². The minimum atomic E-state index is -1.14. The van der Waals surface area contributed by atoms with Crippen molar-refractivity contribution in [1.29, 1.82) is 0 Å². The van der Waals surface area contributed by atoms with Crippen molar-refractivity contribution in [3.8, 4) is 0 Å². The van der Waals surface area contributed by atoms with Crippen molar-refractivity contribution in [2.24, 2.45) is 5.92 Å². The van der Waals surface area contributed by atoms with Gasteiger partial charge in [-0.05, 0) is 18.8 Å². The van der Waals surface area contributed by atoms with Crippen LogP contribution < -0.4 is 0 Å². The van der Waals surface area contributed by atoms with Crippen LogP contribution in [0.4, 0.5) is 0 Å². The summed E-state index contributed by atoms with van der Waals surface area (Å²) >= 11 is 0. The second-order valence-corrected chi connectivity index (χ2v) is 4.45. The van der Waals surface area contributed by atoms with Gasteiger partial charge < -0.3 is 9.84 Å². The fourth-order valence-corrected chi connectivity index (χ4v) is 1.79. The molecule has 1 atom stereocenters. The van der Waals surface area contributed by atoms with Crippen molar-refractivity contribution in [1.82, 2.24) is 0 Å². The Bertz CT molecular complexity index is 271. The highest BCUT2D eigenvalue weighted by Crippen LogP contribution is 2.16. The number of rotatable bonds is 10. The Labute approximate surface area is 109 Å². The van der Waals surface area contributed by atoms with Crippen LogP contribution in [0, 0.1) is 5.92 Å². The second-order valence-electron chi connectivity index (χ2n) is 4.45. The van der Waals surface area contributed by atoms with Crippen molar-refractivity contribution < 1.29 is 19.4 Å². The first-order chi connectivity index (χ1) is 8.60. The zero-order chi connectivity index (χ0) is 13.8. The zero-order valence-electron chi connectivity index (χ0n) is 11.4. The third-order valence-electron chi connectivity index (χ3n) is 2.74. The molecule has 0 spiro atoms. The van der Waals surface area contributed by atoms with Crippen molar-refractivity contribution in [2.75, 3.05) is 6.61 Å². The van der Waals surface area contributed by atoms with Gasteiger partial charge in [-0.25, -0.2) is 9.59 Å². The third-order valence-corrected chi connectivity index (χ3v) is 2.74. The Morgan fingerprint density at radius 1 is 1.11 bits per heavy atom. The first-order valence-electron chi connectivity index (χ1n) is 6.67. The van der Waals surface area contributed by atoms with Crippen LogP contribution in [-0.2, 0) is 14.3 Å². The quantitative estimate of drug-likeness (QED) is 0.370. The lowest BCUT2D eigenvalue weighted by Crippen LogP contribution is -2.13. The van der Waals surface area contributed by atoms with Crippen molar-refractivity contribution in [2.45, 2.75) is 52.4 Å². The van der Waals surface area contributed by atoms with Crippen LogP contribution >= 0.6 is 0 Å². The number of carboxylic acids is 1. The molecule has 0 fully saturated rings. The molecule has 0 aromatic carbocycles. The van der Waals surface area contributed by atoms with Gasteiger partial charge in [0.05, 0.1) is 6.61 Å². The van der Waals surface area contributed by atoms with Crippen LogP contribution in [0.1, 0.15) is 52.4 Å². The topological polar surface area (TPSA) is 63.6 Å². The Morgan fingerprint density at radius 3 is 2.39 bits per heavy atom. The number of carbonyl (C=O) groups excluding carboxylic acids is 1. The third kappa shape index (κ3) is 9.87. The lowest BCUT2D eigenvalue weighted by molar-refractivity contribution is -0.140. The standard InChI is InChI=1S/C14H24O4/c1-3-5-6-8-12(7-4-2)11-18-14(17)10-9-13(15)16/h9-10,12H,3-8,11H2,1-2H3,(H,15,16)/b10-9+. The lowest BCUT2D eigenvalue weighted by atomic mass is 9.97. The first kappa shape index (κ1) is 16.7. The molecule has 4 nitrogen and oxygen atoms in total. The number of unbranched alkanes of at least 4 members (excludes halogenated alkanes) is 2. The minimum absolute atomic E-state index is 0.389. The number of hydrogen-bond acceptors (Lipinski definition) is 3. The summed E-state index contributed by atoms with van der Waals surface area (Å²) in [6.07, 6.45) is 8.47. The lowest BCUT2D eigenvalue weighted by Gasteiger charge is -2.15. The molecule has 0 saturated carbocycles. The first-order valence-corrected chi connectivity index (χ1v) is 6.67. The summed E-state index contributed by atoms with van der Waals surface area (Å²) in [6, 6.07) is 0. The Kier molecular flexibility index (Phi) is 10.0. The fraction of sp³-hybridized carbons (Fsp3) is 0.714. The largest absolute Gasteiger partial charge is 0.478 e. The highest BCUT2D eigenvalue weighted by atomic mass is 16.5. The molecule has 0 heterocycles. The number of hydrogen-bond donors (Lipinski definition) is 1. The minimum Gasteiger partial charge on any atom is -0.478 e. The SMILES string of the molecule is CCCCCC(CCC)COC(=O)/C=C/C(=O)O. The van der Waals surface area contributed by atoms with E-state index in [0.717, 1.165) is 37.8 Å². The Morgan fingerprint density at radius 2 is 1.83 bits per heavy atom. The average Bonchev–Trinajstić information content (AvgIpc) is 2.33. The molecule has 0 aromatic heterocycles. The van der Waals surface area contributed by atoms with E-state index in [0.29, 0.717) is 12.5 Å². The van der Waals surface area contributed by atoms with Gasteiger partial charge in [0, 0.05) is 12.2 Å². The van der Waals surface area contributed by atoms with Crippen molar-refractivity contribution in [3.05, 3.63) is 12.2 Å². The monoisotopic (exact) mass is 256 g/mol. The number of aliphatic carboxylic acids is 1. The smallest absolute Gasteiger partial charge is 0.331 e. The molecule has 0 aliphatic rings. The molecule has 0 aromatic rings. The molecule has 0 aliphatic heterocycles. The number of ether oxygens (including phenoxy) is 1. The highest BCUT2D eigenvalue weighted by Gasteiger charge is 2.10. The summed E-state index contributed by atoms with van der Waals surface area (Å²) in [5.41, 5.74) is 0. The maximum atomic E-state index is 11.2. The molecule has 18 heavy (non-hydrogen) atoms. The van der Waals surface area contributed by atoms with E-state index in [1.165, 1.54) is 12.8 Å². The van der Waals surface area contributed by atoms with Crippen molar-refractivity contribution >= 4 is 11.9 Å². The van der Waals surface area contributed by atoms with E-state index in [4.69, 9.17) is 9.84 Å². The highest BCUT2D eigenvalue weighted by molar-refractivity contribution is 5.90. The predicted molar refractivity (Wildman–Crippen MR) is 70.3 cm³/mol. The second kappa shape index (κ2) is 10.8. The summed E-state index contributed by atoms with van der Waals surface area (Å²) < 4.78 is 5.05. The molecule has 0 bridgehead atoms. The normalized spacial score (nSPS) is 12.6. The van der Waals surface area contributed by atoms with Gasteiger partial charge in [0.1, 0.15) is 0 Å². The van der Waals surface area contributed by atoms with Gasteiger partial charge in [-0.15, -0.1) is 0 Å². The van der Waals surface area contributed by atoms with Crippen molar-refractivity contribution in [3.63, 3.8) is 0 Å². The average molecular weight is 256 g/mol. The van der Waals surface area contributed by atoms with Crippen LogP contribution in [0.5, 0.6) is 0 Å². The molecule has 0 aliphatic carbocycles. The summed E-state index contributed by atoms with van der Waals surface area (Å²) in [6.45, 7) is 4.66. The Balaban J connectivity index is 3.93. The molecule has 104 valence electrons. The van der Waals surface area contributed by atoms with E-state index in [1.54, 1.807) is 0 Å². The maximum Gasteiger partial charge on any atom is 0.331 e. The van der Waals surface area contributed by atoms with Gasteiger partial charge in [0.15, 0.2) is 0 Å². The van der Waals surface area contributed by atoms with Crippen LogP contribution in [0.2, 0.25) is 0 Å². The van der Waals surface area contributed by atoms with Crippen LogP contribution in [0.15, 0.2) is 12.2 Å². The van der Waals surface area contributed by atoms with Crippen LogP contribution in [-0.4, -0.2) is 23.7 Å². The molecule has 0 amide bonds. The molecular weight excluding hydrogens is 232 g/mol. The Hall–Kier alpha value is -1.32. The summed E-state index contributed by atoms with van der Waals surface area (Å²) in [7, 11) is 0. The molecule has 1 N–H and O–H groups in total. The summed E-state index contributed by atoms with van der Waals surface area (Å²) in [5, 5.41) is 8.37. The zero-order valence-corrected chi connectivity index (χ0v) is 11.4. The van der Waals surface area contributed by atoms with Gasteiger partial charge >= 0.3 is 11.9 Å². The number of esters is 1. The maximum absolute atomic E-state index is 11.2. The van der Waals surface area contributed by atoms with E-state index >= 15 is 0 Å². The van der Waals surface area contributed by atoms with E-state index in [2.05, 4.69) is 13.8 Å². The van der Waals surface area contributed by atoms with E-state index < -0.39 is 11.9 Å². The molecular formula is C14H24O4. The molecule has 0 saturated heterocycles. The molecule has 1 unspecified atom stereocenters. The van der Waals surface area contributed by atoms with Gasteiger partial charge in [-0.2, -0.15) is 0 Å². The fourth-order valence-electron chi connectivity index (χ4n) is 1.79. The number of carbonyl (C=O) groups is 2. The van der Waals surface area contributed by atoms with Gasteiger partial charge in [-0.3, -0.25) is 0 Å². The van der Waals surface area contributed by atoms with Gasteiger partial charge in [0.25, 0.3) is 0 Å². The molecule has 4 heteroatoms. The summed E-state index contributed by atoms with van der Waals surface area (Å²) in [5.74, 6) is -1.32. The number of carboxylic acid groups (broad SMARTS) is 1. The van der Waals surface area contributed by atoms with E-state index in [1.807, 2.05) is 0 Å². The summed E-state index contributed by atoms with van der Waals surface area (Å²) in [4.78, 5) is 21.4. The van der Waals surface area contributed by atoms with E-state index in [9.17, 15) is 9.59 Å².